The van der Waals surface area contributed by atoms with E-state index in [1.807, 2.05) is 44.4 Å². The predicted molar refractivity (Wildman–Crippen MR) is 98.6 cm³/mol. The van der Waals surface area contributed by atoms with Crippen LogP contribution in [0.25, 0.3) is 0 Å². The van der Waals surface area contributed by atoms with Crippen molar-refractivity contribution in [3.8, 4) is 0 Å². The zero-order chi connectivity index (χ0) is 18.1. The minimum Gasteiger partial charge on any atom is -0.456 e. The van der Waals surface area contributed by atoms with E-state index < -0.39 is 0 Å². The Bertz CT molecular complexity index is 600. The van der Waals surface area contributed by atoms with Gasteiger partial charge < -0.3 is 9.64 Å². The molecule has 1 saturated carbocycles. The van der Waals surface area contributed by atoms with Crippen LogP contribution in [0.3, 0.4) is 0 Å². The molecule has 0 radical (unpaired) electrons. The molecule has 0 amide bonds. The SMILES string of the molecule is CC(C)=C[C@H]1[C@H](C(=O)OC(c2ccccc2)C(C)N(C)C)C1(C)C. The lowest BCUT2D eigenvalue weighted by molar-refractivity contribution is -0.155. The van der Waals surface area contributed by atoms with E-state index in [4.69, 9.17) is 4.74 Å². The Morgan fingerprint density at radius 3 is 2.29 bits per heavy atom. The van der Waals surface area contributed by atoms with Gasteiger partial charge in [0.1, 0.15) is 6.10 Å². The molecule has 1 aliphatic carbocycles. The van der Waals surface area contributed by atoms with Crippen molar-refractivity contribution in [2.24, 2.45) is 17.3 Å². The molecule has 0 bridgehead atoms. The molecular formula is C21H31NO2. The first-order chi connectivity index (χ1) is 11.2. The summed E-state index contributed by atoms with van der Waals surface area (Å²) in [5, 5.41) is 0. The van der Waals surface area contributed by atoms with Gasteiger partial charge in [-0.25, -0.2) is 0 Å². The van der Waals surface area contributed by atoms with Crippen molar-refractivity contribution in [2.75, 3.05) is 14.1 Å². The predicted octanol–water partition coefficient (Wildman–Crippen LogP) is 4.46. The maximum absolute atomic E-state index is 12.9. The van der Waals surface area contributed by atoms with Crippen molar-refractivity contribution in [1.82, 2.24) is 4.90 Å². The summed E-state index contributed by atoms with van der Waals surface area (Å²) in [4.78, 5) is 14.9. The number of likely N-dealkylation sites (N-methyl/N-ethyl adjacent to an activating group) is 1. The molecule has 1 aliphatic rings. The molecule has 0 spiro atoms. The Morgan fingerprint density at radius 2 is 1.79 bits per heavy atom. The highest BCUT2D eigenvalue weighted by Gasteiger charge is 2.61. The van der Waals surface area contributed by atoms with Crippen LogP contribution in [0.4, 0.5) is 0 Å². The summed E-state index contributed by atoms with van der Waals surface area (Å²) in [6.45, 7) is 10.6. The molecular weight excluding hydrogens is 298 g/mol. The van der Waals surface area contributed by atoms with Gasteiger partial charge in [0.2, 0.25) is 0 Å². The minimum atomic E-state index is -0.252. The largest absolute Gasteiger partial charge is 0.456 e. The molecule has 4 atom stereocenters. The molecule has 0 heterocycles. The van der Waals surface area contributed by atoms with Crippen molar-refractivity contribution in [1.29, 1.82) is 0 Å². The third-order valence-corrected chi connectivity index (χ3v) is 5.30. The van der Waals surface area contributed by atoms with E-state index in [9.17, 15) is 4.79 Å². The number of carbonyl (C=O) groups is 1. The number of carbonyl (C=O) groups excluding carboxylic acids is 1. The molecule has 2 unspecified atom stereocenters. The Hall–Kier alpha value is -1.61. The molecule has 1 fully saturated rings. The van der Waals surface area contributed by atoms with E-state index >= 15 is 0 Å². The molecule has 24 heavy (non-hydrogen) atoms. The fourth-order valence-electron chi connectivity index (χ4n) is 3.36. The number of ether oxygens (including phenoxy) is 1. The van der Waals surface area contributed by atoms with Crippen LogP contribution >= 0.6 is 0 Å². The summed E-state index contributed by atoms with van der Waals surface area (Å²) < 4.78 is 6.02. The Balaban J connectivity index is 2.19. The monoisotopic (exact) mass is 329 g/mol. The number of benzene rings is 1. The average Bonchev–Trinajstić information content (AvgIpc) is 3.04. The first-order valence-electron chi connectivity index (χ1n) is 8.73. The summed E-state index contributed by atoms with van der Waals surface area (Å²) in [5.41, 5.74) is 2.28. The number of allylic oxidation sites excluding steroid dienone is 2. The van der Waals surface area contributed by atoms with E-state index in [-0.39, 0.29) is 35.4 Å². The fraction of sp³-hybridized carbons (Fsp3) is 0.571. The topological polar surface area (TPSA) is 29.5 Å². The first kappa shape index (κ1) is 18.7. The Morgan fingerprint density at radius 1 is 1.21 bits per heavy atom. The van der Waals surface area contributed by atoms with Crippen LogP contribution in [0, 0.1) is 17.3 Å². The third kappa shape index (κ3) is 3.89. The van der Waals surface area contributed by atoms with Crippen LogP contribution in [0.5, 0.6) is 0 Å². The summed E-state index contributed by atoms with van der Waals surface area (Å²) in [7, 11) is 4.03. The molecule has 132 valence electrons. The van der Waals surface area contributed by atoms with E-state index in [1.165, 1.54) is 5.57 Å². The highest BCUT2D eigenvalue weighted by atomic mass is 16.5. The second-order valence-electron chi connectivity index (χ2n) is 8.04. The highest BCUT2D eigenvalue weighted by Crippen LogP contribution is 2.60. The summed E-state index contributed by atoms with van der Waals surface area (Å²) in [6, 6.07) is 10.1. The highest BCUT2D eigenvalue weighted by molar-refractivity contribution is 5.78. The molecule has 0 saturated heterocycles. The molecule has 0 aliphatic heterocycles. The summed E-state index contributed by atoms with van der Waals surface area (Å²) in [5.74, 6) is 0.152. The van der Waals surface area contributed by atoms with E-state index in [0.717, 1.165) is 5.56 Å². The van der Waals surface area contributed by atoms with Gasteiger partial charge >= 0.3 is 5.97 Å². The first-order valence-corrected chi connectivity index (χ1v) is 8.73. The van der Waals surface area contributed by atoms with Crippen LogP contribution in [0.2, 0.25) is 0 Å². The van der Waals surface area contributed by atoms with E-state index in [2.05, 4.69) is 45.6 Å². The number of hydrogen-bond donors (Lipinski definition) is 0. The summed E-state index contributed by atoms with van der Waals surface area (Å²) in [6.07, 6.45) is 1.95. The molecule has 1 aromatic rings. The van der Waals surface area contributed by atoms with Crippen molar-refractivity contribution < 1.29 is 9.53 Å². The van der Waals surface area contributed by atoms with Crippen LogP contribution in [-0.2, 0) is 9.53 Å². The molecule has 1 aromatic carbocycles. The van der Waals surface area contributed by atoms with Crippen LogP contribution in [0.15, 0.2) is 42.0 Å². The Kier molecular flexibility index (Phi) is 5.54. The van der Waals surface area contributed by atoms with Gasteiger partial charge in [-0.1, -0.05) is 55.8 Å². The van der Waals surface area contributed by atoms with Crippen LogP contribution in [0.1, 0.15) is 46.3 Å². The van der Waals surface area contributed by atoms with Gasteiger partial charge in [-0.05, 0) is 51.8 Å². The Labute approximate surface area is 146 Å². The second-order valence-corrected chi connectivity index (χ2v) is 8.04. The molecule has 0 aromatic heterocycles. The lowest BCUT2D eigenvalue weighted by Crippen LogP contribution is -2.34. The zero-order valence-electron chi connectivity index (χ0n) is 16.0. The quantitative estimate of drug-likeness (QED) is 0.570. The summed E-state index contributed by atoms with van der Waals surface area (Å²) >= 11 is 0. The second kappa shape index (κ2) is 7.10. The van der Waals surface area contributed by atoms with Crippen molar-refractivity contribution in [3.63, 3.8) is 0 Å². The van der Waals surface area contributed by atoms with Crippen molar-refractivity contribution in [3.05, 3.63) is 47.5 Å². The lowest BCUT2D eigenvalue weighted by atomic mass is 10.0. The van der Waals surface area contributed by atoms with E-state index in [0.29, 0.717) is 0 Å². The molecule has 0 N–H and O–H groups in total. The normalized spacial score (nSPS) is 24.2. The number of nitrogens with zero attached hydrogens (tertiary/aromatic N) is 1. The average molecular weight is 329 g/mol. The maximum Gasteiger partial charge on any atom is 0.310 e. The number of hydrogen-bond acceptors (Lipinski definition) is 3. The van der Waals surface area contributed by atoms with Gasteiger partial charge in [0, 0.05) is 6.04 Å². The lowest BCUT2D eigenvalue weighted by Gasteiger charge is -2.29. The van der Waals surface area contributed by atoms with Gasteiger partial charge in [0.05, 0.1) is 5.92 Å². The van der Waals surface area contributed by atoms with Gasteiger partial charge in [0.25, 0.3) is 0 Å². The smallest absolute Gasteiger partial charge is 0.310 e. The molecule has 2 rings (SSSR count). The number of esters is 1. The number of rotatable bonds is 6. The molecule has 3 nitrogen and oxygen atoms in total. The zero-order valence-corrected chi connectivity index (χ0v) is 16.0. The van der Waals surface area contributed by atoms with Crippen LogP contribution in [-0.4, -0.2) is 31.0 Å². The van der Waals surface area contributed by atoms with Gasteiger partial charge in [-0.2, -0.15) is 0 Å². The van der Waals surface area contributed by atoms with Crippen molar-refractivity contribution >= 4 is 5.97 Å². The minimum absolute atomic E-state index is 0.0169. The van der Waals surface area contributed by atoms with Gasteiger partial charge in [0.15, 0.2) is 0 Å². The van der Waals surface area contributed by atoms with Crippen LogP contribution < -0.4 is 0 Å². The maximum atomic E-state index is 12.9. The third-order valence-electron chi connectivity index (χ3n) is 5.30. The van der Waals surface area contributed by atoms with Gasteiger partial charge in [-0.15, -0.1) is 0 Å². The standard InChI is InChI=1S/C21H31NO2/c1-14(2)13-17-18(21(17,4)5)20(23)24-19(15(3)22(6)7)16-11-9-8-10-12-16/h8-13,15,17-19H,1-7H3/t15?,17-,18+,19?/m0/s1. The molecule has 3 heteroatoms. The van der Waals surface area contributed by atoms with E-state index in [1.54, 1.807) is 0 Å². The van der Waals surface area contributed by atoms with Gasteiger partial charge in [-0.3, -0.25) is 4.79 Å². The van der Waals surface area contributed by atoms with Crippen molar-refractivity contribution in [2.45, 2.75) is 46.8 Å². The fourth-order valence-corrected chi connectivity index (χ4v) is 3.36.